The van der Waals surface area contributed by atoms with E-state index >= 15 is 0 Å². The number of amides is 1. The molecule has 3 aromatic rings. The fraction of sp³-hybridized carbons (Fsp3) is 0.273. The Bertz CT molecular complexity index is 988. The predicted molar refractivity (Wildman–Crippen MR) is 112 cm³/mol. The maximum Gasteiger partial charge on any atom is 0.250 e. The lowest BCUT2D eigenvalue weighted by atomic mass is 10.2. The van der Waals surface area contributed by atoms with Crippen LogP contribution in [0.1, 0.15) is 4.88 Å². The summed E-state index contributed by atoms with van der Waals surface area (Å²) in [4.78, 5) is 31.2. The van der Waals surface area contributed by atoms with E-state index in [1.165, 1.54) is 26.0 Å². The molecular weight excluding hydrogens is 370 g/mol. The van der Waals surface area contributed by atoms with E-state index in [0.29, 0.717) is 13.1 Å². The zero-order valence-corrected chi connectivity index (χ0v) is 16.5. The van der Waals surface area contributed by atoms with Crippen molar-refractivity contribution in [1.82, 2.24) is 14.4 Å². The van der Waals surface area contributed by atoms with E-state index in [1.54, 1.807) is 18.3 Å². The molecule has 0 radical (unpaired) electrons. The predicted octanol–water partition coefficient (Wildman–Crippen LogP) is 2.92. The lowest BCUT2D eigenvalue weighted by Crippen LogP contribution is -2.49. The third-order valence-corrected chi connectivity index (χ3v) is 6.15. The number of nitrogens with zero attached hydrogens (tertiary/aromatic N) is 3. The Balaban J connectivity index is 1.30. The first-order chi connectivity index (χ1) is 13.7. The van der Waals surface area contributed by atoms with Crippen molar-refractivity contribution in [2.24, 2.45) is 0 Å². The summed E-state index contributed by atoms with van der Waals surface area (Å²) in [5.74, 6) is 0.00966. The van der Waals surface area contributed by atoms with Crippen molar-refractivity contribution >= 4 is 17.2 Å². The number of rotatable bonds is 5. The first kappa shape index (κ1) is 18.7. The highest BCUT2D eigenvalue weighted by Crippen LogP contribution is 2.28. The average molecular weight is 394 g/mol. The van der Waals surface area contributed by atoms with Crippen molar-refractivity contribution in [2.75, 3.05) is 26.2 Å². The summed E-state index contributed by atoms with van der Waals surface area (Å²) in [6, 6.07) is 19.8. The SMILES string of the molecule is O=C(Cn1ccccc1=O)N1CCN(Cc2ccc(-c3ccccc3)s2)CC1. The van der Waals surface area contributed by atoms with Crippen molar-refractivity contribution in [3.63, 3.8) is 0 Å². The molecular formula is C22H23N3O2S. The molecule has 0 saturated carbocycles. The molecule has 4 rings (SSSR count). The number of thiophene rings is 1. The van der Waals surface area contributed by atoms with Gasteiger partial charge in [-0.3, -0.25) is 14.5 Å². The van der Waals surface area contributed by atoms with E-state index in [9.17, 15) is 9.59 Å². The van der Waals surface area contributed by atoms with Gasteiger partial charge in [0.25, 0.3) is 5.56 Å². The molecule has 0 N–H and O–H groups in total. The van der Waals surface area contributed by atoms with Crippen LogP contribution in [0.25, 0.3) is 10.4 Å². The normalized spacial score (nSPS) is 14.9. The van der Waals surface area contributed by atoms with Crippen molar-refractivity contribution in [1.29, 1.82) is 0 Å². The quantitative estimate of drug-likeness (QED) is 0.670. The summed E-state index contributed by atoms with van der Waals surface area (Å²) in [5.41, 5.74) is 1.12. The van der Waals surface area contributed by atoms with Crippen molar-refractivity contribution < 1.29 is 4.79 Å². The van der Waals surface area contributed by atoms with Gasteiger partial charge in [-0.1, -0.05) is 36.4 Å². The van der Waals surface area contributed by atoms with E-state index < -0.39 is 0 Å². The molecule has 1 aromatic carbocycles. The highest BCUT2D eigenvalue weighted by Gasteiger charge is 2.21. The van der Waals surface area contributed by atoms with E-state index in [1.807, 2.05) is 22.3 Å². The van der Waals surface area contributed by atoms with Gasteiger partial charge >= 0.3 is 0 Å². The molecule has 1 fully saturated rings. The Morgan fingerprint density at radius 2 is 1.64 bits per heavy atom. The van der Waals surface area contributed by atoms with Crippen LogP contribution >= 0.6 is 11.3 Å². The standard InChI is InChI=1S/C22H23N3O2S/c26-21-8-4-5-11-25(21)17-22(27)24-14-12-23(13-15-24)16-19-9-10-20(28-19)18-6-2-1-3-7-18/h1-11H,12-17H2. The molecule has 1 saturated heterocycles. The fourth-order valence-corrected chi connectivity index (χ4v) is 4.49. The van der Waals surface area contributed by atoms with Crippen molar-refractivity contribution in [3.05, 3.63) is 82.1 Å². The molecule has 1 aliphatic heterocycles. The second kappa shape index (κ2) is 8.54. The van der Waals surface area contributed by atoms with Gasteiger partial charge in [0, 0.05) is 54.7 Å². The van der Waals surface area contributed by atoms with Crippen LogP contribution < -0.4 is 5.56 Å². The smallest absolute Gasteiger partial charge is 0.250 e. The first-order valence-corrected chi connectivity index (χ1v) is 10.3. The van der Waals surface area contributed by atoms with Gasteiger partial charge in [-0.25, -0.2) is 0 Å². The molecule has 2 aromatic heterocycles. The summed E-state index contributed by atoms with van der Waals surface area (Å²) in [7, 11) is 0. The third kappa shape index (κ3) is 4.40. The van der Waals surface area contributed by atoms with Gasteiger partial charge in [0.1, 0.15) is 6.54 Å². The van der Waals surface area contributed by atoms with Crippen LogP contribution in [0.2, 0.25) is 0 Å². The lowest BCUT2D eigenvalue weighted by Gasteiger charge is -2.34. The lowest BCUT2D eigenvalue weighted by molar-refractivity contribution is -0.133. The van der Waals surface area contributed by atoms with Gasteiger partial charge in [0.05, 0.1) is 0 Å². The zero-order chi connectivity index (χ0) is 19.3. The molecule has 0 bridgehead atoms. The Morgan fingerprint density at radius 1 is 0.893 bits per heavy atom. The van der Waals surface area contributed by atoms with Gasteiger partial charge in [0.15, 0.2) is 0 Å². The Kier molecular flexibility index (Phi) is 5.69. The van der Waals surface area contributed by atoms with Crippen molar-refractivity contribution in [3.8, 4) is 10.4 Å². The highest BCUT2D eigenvalue weighted by atomic mass is 32.1. The first-order valence-electron chi connectivity index (χ1n) is 9.49. The molecule has 0 atom stereocenters. The number of carbonyl (C=O) groups is 1. The topological polar surface area (TPSA) is 45.6 Å². The van der Waals surface area contributed by atoms with Gasteiger partial charge in [-0.2, -0.15) is 0 Å². The molecule has 6 heteroatoms. The molecule has 0 aliphatic carbocycles. The van der Waals surface area contributed by atoms with Crippen LogP contribution in [0.15, 0.2) is 71.7 Å². The molecule has 3 heterocycles. The van der Waals surface area contributed by atoms with Gasteiger partial charge < -0.3 is 9.47 Å². The Labute approximate surface area is 168 Å². The maximum atomic E-state index is 12.5. The summed E-state index contributed by atoms with van der Waals surface area (Å²) in [6.07, 6.45) is 1.66. The van der Waals surface area contributed by atoms with E-state index in [0.717, 1.165) is 19.6 Å². The zero-order valence-electron chi connectivity index (χ0n) is 15.7. The second-order valence-electron chi connectivity index (χ2n) is 6.96. The summed E-state index contributed by atoms with van der Waals surface area (Å²) in [6.45, 7) is 4.15. The number of aromatic nitrogens is 1. The number of carbonyl (C=O) groups excluding carboxylic acids is 1. The van der Waals surface area contributed by atoms with Crippen LogP contribution in [0.3, 0.4) is 0 Å². The molecule has 0 spiro atoms. The summed E-state index contributed by atoms with van der Waals surface area (Å²) >= 11 is 1.83. The van der Waals surface area contributed by atoms with Gasteiger partial charge in [0.2, 0.25) is 5.91 Å². The minimum atomic E-state index is -0.138. The highest BCUT2D eigenvalue weighted by molar-refractivity contribution is 7.15. The Hall–Kier alpha value is -2.70. The second-order valence-corrected chi connectivity index (χ2v) is 8.12. The van der Waals surface area contributed by atoms with Gasteiger partial charge in [-0.05, 0) is 23.8 Å². The van der Waals surface area contributed by atoms with Crippen LogP contribution in [-0.4, -0.2) is 46.5 Å². The minimum Gasteiger partial charge on any atom is -0.339 e. The fourth-order valence-electron chi connectivity index (χ4n) is 3.43. The van der Waals surface area contributed by atoms with Gasteiger partial charge in [-0.15, -0.1) is 11.3 Å². The molecule has 1 amide bonds. The Morgan fingerprint density at radius 3 is 2.39 bits per heavy atom. The molecule has 28 heavy (non-hydrogen) atoms. The molecule has 5 nitrogen and oxygen atoms in total. The van der Waals surface area contributed by atoms with Crippen LogP contribution in [-0.2, 0) is 17.9 Å². The molecule has 0 unspecified atom stereocenters. The van der Waals surface area contributed by atoms with Crippen LogP contribution in [0.4, 0.5) is 0 Å². The number of hydrogen-bond donors (Lipinski definition) is 0. The monoisotopic (exact) mass is 393 g/mol. The number of benzene rings is 1. The van der Waals surface area contributed by atoms with Crippen molar-refractivity contribution in [2.45, 2.75) is 13.1 Å². The average Bonchev–Trinajstić information content (AvgIpc) is 3.19. The summed E-state index contributed by atoms with van der Waals surface area (Å²) < 4.78 is 1.46. The third-order valence-electron chi connectivity index (χ3n) is 5.03. The summed E-state index contributed by atoms with van der Waals surface area (Å²) in [5, 5.41) is 0. The number of piperazine rings is 1. The number of pyridine rings is 1. The van der Waals surface area contributed by atoms with Crippen LogP contribution in [0.5, 0.6) is 0 Å². The largest absolute Gasteiger partial charge is 0.339 e. The number of hydrogen-bond acceptors (Lipinski definition) is 4. The molecule has 1 aliphatic rings. The minimum absolute atomic E-state index is 0.00966. The van der Waals surface area contributed by atoms with E-state index in [4.69, 9.17) is 0 Å². The van der Waals surface area contributed by atoms with E-state index in [-0.39, 0.29) is 18.0 Å². The molecule has 144 valence electrons. The van der Waals surface area contributed by atoms with Crippen LogP contribution in [0, 0.1) is 0 Å². The van der Waals surface area contributed by atoms with E-state index in [2.05, 4.69) is 41.3 Å². The maximum absolute atomic E-state index is 12.5.